The number of likely N-dealkylation sites (N-methyl/N-ethyl adjacent to an activating group) is 1. The van der Waals surface area contributed by atoms with Gasteiger partial charge in [0.2, 0.25) is 6.79 Å². The van der Waals surface area contributed by atoms with Gasteiger partial charge in [-0.1, -0.05) is 0 Å². The SMILES string of the molecule is CN(C1CCOC1)C(CN)c1cc(Br)c2c(c1)OCO2. The highest BCUT2D eigenvalue weighted by Crippen LogP contribution is 2.42. The Kier molecular flexibility index (Phi) is 4.16. The zero-order valence-electron chi connectivity index (χ0n) is 11.5. The van der Waals surface area contributed by atoms with E-state index in [0.717, 1.165) is 41.2 Å². The van der Waals surface area contributed by atoms with Crippen molar-refractivity contribution in [1.29, 1.82) is 0 Å². The van der Waals surface area contributed by atoms with Crippen LogP contribution < -0.4 is 15.2 Å². The van der Waals surface area contributed by atoms with Crippen molar-refractivity contribution in [3.8, 4) is 11.5 Å². The molecule has 0 radical (unpaired) electrons. The van der Waals surface area contributed by atoms with Crippen LogP contribution in [0.5, 0.6) is 11.5 Å². The lowest BCUT2D eigenvalue weighted by molar-refractivity contribution is 0.134. The first-order valence-electron chi connectivity index (χ1n) is 6.79. The van der Waals surface area contributed by atoms with Crippen LogP contribution in [0.15, 0.2) is 16.6 Å². The van der Waals surface area contributed by atoms with E-state index < -0.39 is 0 Å². The zero-order chi connectivity index (χ0) is 14.1. The minimum Gasteiger partial charge on any atom is -0.454 e. The Morgan fingerprint density at radius 1 is 1.45 bits per heavy atom. The fourth-order valence-corrected chi connectivity index (χ4v) is 3.39. The fourth-order valence-electron chi connectivity index (χ4n) is 2.81. The van der Waals surface area contributed by atoms with Crippen molar-refractivity contribution in [3.05, 3.63) is 22.2 Å². The normalized spacial score (nSPS) is 22.5. The fraction of sp³-hybridized carbons (Fsp3) is 0.571. The Morgan fingerprint density at radius 2 is 2.30 bits per heavy atom. The average Bonchev–Trinajstić information content (AvgIpc) is 3.10. The van der Waals surface area contributed by atoms with Crippen molar-refractivity contribution in [2.24, 2.45) is 5.73 Å². The van der Waals surface area contributed by atoms with Gasteiger partial charge in [-0.3, -0.25) is 4.90 Å². The summed E-state index contributed by atoms with van der Waals surface area (Å²) in [4.78, 5) is 2.30. The van der Waals surface area contributed by atoms with Crippen molar-refractivity contribution in [1.82, 2.24) is 4.90 Å². The van der Waals surface area contributed by atoms with E-state index in [1.165, 1.54) is 0 Å². The quantitative estimate of drug-likeness (QED) is 0.905. The van der Waals surface area contributed by atoms with E-state index in [9.17, 15) is 0 Å². The summed E-state index contributed by atoms with van der Waals surface area (Å²) in [6, 6.07) is 4.66. The van der Waals surface area contributed by atoms with E-state index in [4.69, 9.17) is 19.9 Å². The second kappa shape index (κ2) is 5.89. The van der Waals surface area contributed by atoms with E-state index in [2.05, 4.69) is 33.9 Å². The highest BCUT2D eigenvalue weighted by atomic mass is 79.9. The first-order chi connectivity index (χ1) is 9.70. The third kappa shape index (κ3) is 2.53. The molecule has 0 aliphatic carbocycles. The molecule has 0 saturated carbocycles. The van der Waals surface area contributed by atoms with Gasteiger partial charge in [0.1, 0.15) is 0 Å². The molecule has 1 aromatic carbocycles. The maximum atomic E-state index is 6.00. The average molecular weight is 343 g/mol. The van der Waals surface area contributed by atoms with E-state index in [1.807, 2.05) is 6.07 Å². The number of fused-ring (bicyclic) bond motifs is 1. The van der Waals surface area contributed by atoms with Crippen LogP contribution in [0.2, 0.25) is 0 Å². The van der Waals surface area contributed by atoms with Gasteiger partial charge in [-0.2, -0.15) is 0 Å². The lowest BCUT2D eigenvalue weighted by Crippen LogP contribution is -2.38. The highest BCUT2D eigenvalue weighted by Gasteiger charge is 2.28. The molecule has 1 fully saturated rings. The standard InChI is InChI=1S/C14H19BrN2O3/c1-17(10-2-3-18-7-10)12(6-16)9-4-11(15)14-13(5-9)19-8-20-14/h4-5,10,12H,2-3,6-8,16H2,1H3. The molecule has 110 valence electrons. The molecule has 2 heterocycles. The van der Waals surface area contributed by atoms with Crippen LogP contribution in [0, 0.1) is 0 Å². The number of nitrogens with zero attached hydrogens (tertiary/aromatic N) is 1. The van der Waals surface area contributed by atoms with E-state index >= 15 is 0 Å². The number of hydrogen-bond donors (Lipinski definition) is 1. The summed E-state index contributed by atoms with van der Waals surface area (Å²) < 4.78 is 17.3. The van der Waals surface area contributed by atoms with Crippen LogP contribution in [-0.2, 0) is 4.74 Å². The molecule has 0 spiro atoms. The molecule has 2 atom stereocenters. The van der Waals surface area contributed by atoms with Crippen LogP contribution in [0.25, 0.3) is 0 Å². The Balaban J connectivity index is 1.87. The van der Waals surface area contributed by atoms with Crippen LogP contribution in [0.1, 0.15) is 18.0 Å². The van der Waals surface area contributed by atoms with E-state index in [0.29, 0.717) is 12.6 Å². The van der Waals surface area contributed by atoms with E-state index in [-0.39, 0.29) is 12.8 Å². The molecule has 3 rings (SSSR count). The molecule has 0 aromatic heterocycles. The summed E-state index contributed by atoms with van der Waals surface area (Å²) in [6.07, 6.45) is 1.05. The largest absolute Gasteiger partial charge is 0.454 e. The number of hydrogen-bond acceptors (Lipinski definition) is 5. The molecule has 2 aliphatic rings. The summed E-state index contributed by atoms with van der Waals surface area (Å²) in [6.45, 7) is 2.44. The van der Waals surface area contributed by atoms with Gasteiger partial charge in [0.05, 0.1) is 11.1 Å². The van der Waals surface area contributed by atoms with Crippen molar-refractivity contribution in [2.75, 3.05) is 33.6 Å². The van der Waals surface area contributed by atoms with Gasteiger partial charge < -0.3 is 19.9 Å². The zero-order valence-corrected chi connectivity index (χ0v) is 13.1. The van der Waals surface area contributed by atoms with Crippen LogP contribution >= 0.6 is 15.9 Å². The molecular formula is C14H19BrN2O3. The summed E-state index contributed by atoms with van der Waals surface area (Å²) >= 11 is 3.54. The van der Waals surface area contributed by atoms with Crippen molar-refractivity contribution in [3.63, 3.8) is 0 Å². The summed E-state index contributed by atoms with van der Waals surface area (Å²) in [7, 11) is 2.11. The highest BCUT2D eigenvalue weighted by molar-refractivity contribution is 9.10. The van der Waals surface area contributed by atoms with Crippen molar-refractivity contribution >= 4 is 15.9 Å². The molecule has 2 unspecified atom stereocenters. The van der Waals surface area contributed by atoms with Gasteiger partial charge >= 0.3 is 0 Å². The van der Waals surface area contributed by atoms with Gasteiger partial charge in [0, 0.05) is 25.2 Å². The van der Waals surface area contributed by atoms with Gasteiger partial charge in [-0.15, -0.1) is 0 Å². The van der Waals surface area contributed by atoms with Gasteiger partial charge in [0.25, 0.3) is 0 Å². The second-order valence-corrected chi connectivity index (χ2v) is 6.03. The Labute approximate surface area is 127 Å². The monoisotopic (exact) mass is 342 g/mol. The lowest BCUT2D eigenvalue weighted by atomic mass is 10.0. The number of halogens is 1. The van der Waals surface area contributed by atoms with Crippen molar-refractivity contribution < 1.29 is 14.2 Å². The Bertz CT molecular complexity index is 492. The predicted molar refractivity (Wildman–Crippen MR) is 79.0 cm³/mol. The maximum absolute atomic E-state index is 6.00. The molecular weight excluding hydrogens is 324 g/mol. The first kappa shape index (κ1) is 14.1. The maximum Gasteiger partial charge on any atom is 0.231 e. The summed E-state index contributed by atoms with van der Waals surface area (Å²) in [5.74, 6) is 1.56. The molecule has 0 amide bonds. The molecule has 20 heavy (non-hydrogen) atoms. The predicted octanol–water partition coefficient (Wildman–Crippen LogP) is 1.90. The topological polar surface area (TPSA) is 57.0 Å². The molecule has 6 heteroatoms. The lowest BCUT2D eigenvalue weighted by Gasteiger charge is -2.32. The van der Waals surface area contributed by atoms with E-state index in [1.54, 1.807) is 0 Å². The van der Waals surface area contributed by atoms with Crippen LogP contribution in [-0.4, -0.2) is 44.5 Å². The minimum absolute atomic E-state index is 0.146. The molecule has 1 aromatic rings. The smallest absolute Gasteiger partial charge is 0.231 e. The van der Waals surface area contributed by atoms with Gasteiger partial charge in [-0.05, 0) is 47.1 Å². The Morgan fingerprint density at radius 3 is 3.00 bits per heavy atom. The molecule has 2 aliphatic heterocycles. The number of rotatable bonds is 4. The minimum atomic E-state index is 0.146. The van der Waals surface area contributed by atoms with Crippen molar-refractivity contribution in [2.45, 2.75) is 18.5 Å². The second-order valence-electron chi connectivity index (χ2n) is 5.17. The molecule has 1 saturated heterocycles. The third-order valence-electron chi connectivity index (χ3n) is 4.03. The molecule has 5 nitrogen and oxygen atoms in total. The number of nitrogens with two attached hydrogens (primary N) is 1. The summed E-state index contributed by atoms with van der Waals surface area (Å²) in [5, 5.41) is 0. The number of ether oxygens (including phenoxy) is 3. The molecule has 2 N–H and O–H groups in total. The van der Waals surface area contributed by atoms with Gasteiger partial charge in [-0.25, -0.2) is 0 Å². The van der Waals surface area contributed by atoms with Crippen LogP contribution in [0.3, 0.4) is 0 Å². The number of benzene rings is 1. The Hall–Kier alpha value is -0.820. The third-order valence-corrected chi connectivity index (χ3v) is 4.62. The van der Waals surface area contributed by atoms with Crippen LogP contribution in [0.4, 0.5) is 0 Å². The first-order valence-corrected chi connectivity index (χ1v) is 7.58. The van der Waals surface area contributed by atoms with Gasteiger partial charge in [0.15, 0.2) is 11.5 Å². The summed E-state index contributed by atoms with van der Waals surface area (Å²) in [5.41, 5.74) is 7.14. The molecule has 0 bridgehead atoms.